The molecule has 4 heterocycles. The van der Waals surface area contributed by atoms with Gasteiger partial charge in [-0.1, -0.05) is 18.2 Å². The normalized spacial score (nSPS) is 17.3. The molecule has 12 heteroatoms. The Morgan fingerprint density at radius 1 is 0.733 bits per heavy atom. The minimum Gasteiger partial charge on any atom is -0.507 e. The molecule has 1 aromatic heterocycles. The molecule has 1 atom stereocenters. The maximum Gasteiger partial charge on any atom is 0.347 e. The van der Waals surface area contributed by atoms with Gasteiger partial charge >= 0.3 is 5.63 Å². The number of hydrogen-bond acceptors (Lipinski definition) is 12. The predicted octanol–water partition coefficient (Wildman–Crippen LogP) is 8.75. The van der Waals surface area contributed by atoms with Gasteiger partial charge < -0.3 is 47.8 Å². The van der Waals surface area contributed by atoms with Crippen LogP contribution in [0.15, 0.2) is 76.0 Å². The fourth-order valence-electron chi connectivity index (χ4n) is 7.58. The third-order valence-corrected chi connectivity index (χ3v) is 10.8. The summed E-state index contributed by atoms with van der Waals surface area (Å²) in [5, 5.41) is 21.4. The van der Waals surface area contributed by atoms with Crippen molar-refractivity contribution in [1.82, 2.24) is 0 Å². The summed E-state index contributed by atoms with van der Waals surface area (Å²) in [5.74, 6) is 3.57. The monoisotopic (exact) mass is 818 g/mol. The summed E-state index contributed by atoms with van der Waals surface area (Å²) in [6.07, 6.45) is 7.50. The van der Waals surface area contributed by atoms with E-state index < -0.39 is 28.5 Å². The molecule has 5 aromatic rings. The second-order valence-corrected chi connectivity index (χ2v) is 16.5. The van der Waals surface area contributed by atoms with Gasteiger partial charge in [-0.3, -0.25) is 4.79 Å². The quantitative estimate of drug-likeness (QED) is 0.114. The lowest BCUT2D eigenvalue weighted by atomic mass is 9.89. The van der Waals surface area contributed by atoms with Crippen molar-refractivity contribution in [3.63, 3.8) is 0 Å². The van der Waals surface area contributed by atoms with Crippen molar-refractivity contribution in [1.29, 1.82) is 0 Å². The highest BCUT2D eigenvalue weighted by atomic mass is 16.5. The zero-order valence-electron chi connectivity index (χ0n) is 35.5. The highest BCUT2D eigenvalue weighted by Gasteiger charge is 2.37. The van der Waals surface area contributed by atoms with Gasteiger partial charge in [0, 0.05) is 30.5 Å². The summed E-state index contributed by atoms with van der Waals surface area (Å²) in [5.41, 5.74) is 2.33. The minimum atomic E-state index is -0.758. The number of phenols is 1. The molecule has 4 aromatic carbocycles. The number of ether oxygens (including phenoxy) is 7. The smallest absolute Gasteiger partial charge is 0.347 e. The van der Waals surface area contributed by atoms with Crippen LogP contribution in [0.1, 0.15) is 74.2 Å². The van der Waals surface area contributed by atoms with Crippen molar-refractivity contribution >= 4 is 28.9 Å². The molecule has 0 saturated carbocycles. The maximum atomic E-state index is 13.1. The number of Topliss-reactive ketones (excluding diaryl/α,β-unsaturated/α-hetero) is 1. The van der Waals surface area contributed by atoms with E-state index in [-0.39, 0.29) is 23.5 Å². The predicted molar refractivity (Wildman–Crippen MR) is 229 cm³/mol. The number of rotatable bonds is 8. The van der Waals surface area contributed by atoms with Gasteiger partial charge in [0.2, 0.25) is 0 Å². The highest BCUT2D eigenvalue weighted by Crippen LogP contribution is 2.47. The molecule has 3 aliphatic heterocycles. The maximum absolute atomic E-state index is 13.1. The zero-order chi connectivity index (χ0) is 43.3. The van der Waals surface area contributed by atoms with Crippen LogP contribution in [0.2, 0.25) is 0 Å². The Morgan fingerprint density at radius 2 is 1.35 bits per heavy atom. The Morgan fingerprint density at radius 3 is 1.97 bits per heavy atom. The van der Waals surface area contributed by atoms with E-state index in [1.807, 2.05) is 64.1 Å². The molecule has 0 radical (unpaired) electrons. The summed E-state index contributed by atoms with van der Waals surface area (Å²) in [6, 6.07) is 15.6. The van der Waals surface area contributed by atoms with Crippen LogP contribution in [0.25, 0.3) is 34.2 Å². The number of benzene rings is 4. The number of hydrogen-bond donors (Lipinski definition) is 2. The Balaban J connectivity index is 0.000000182. The molecular weight excluding hydrogens is 769 g/mol. The first-order chi connectivity index (χ1) is 28.4. The Labute approximate surface area is 348 Å². The van der Waals surface area contributed by atoms with Crippen LogP contribution in [0.5, 0.6) is 46.0 Å². The minimum absolute atomic E-state index is 0.0505. The number of ketones is 1. The average molecular weight is 819 g/mol. The first-order valence-corrected chi connectivity index (χ1v) is 19.5. The molecule has 0 saturated heterocycles. The van der Waals surface area contributed by atoms with Crippen LogP contribution < -0.4 is 38.8 Å². The number of fused-ring (bicyclic) bond motifs is 4. The topological polar surface area (TPSA) is 152 Å². The molecule has 60 heavy (non-hydrogen) atoms. The summed E-state index contributed by atoms with van der Waals surface area (Å²) < 4.78 is 45.7. The lowest BCUT2D eigenvalue weighted by Crippen LogP contribution is -2.46. The number of methoxy groups -OCH3 is 4. The second-order valence-electron chi connectivity index (χ2n) is 16.5. The van der Waals surface area contributed by atoms with Crippen molar-refractivity contribution in [3.8, 4) is 57.1 Å². The van der Waals surface area contributed by atoms with Crippen molar-refractivity contribution in [2.45, 2.75) is 77.3 Å². The largest absolute Gasteiger partial charge is 0.507 e. The van der Waals surface area contributed by atoms with E-state index >= 15 is 0 Å². The van der Waals surface area contributed by atoms with Crippen LogP contribution in [0.4, 0.5) is 0 Å². The first kappa shape index (κ1) is 41.7. The zero-order valence-corrected chi connectivity index (χ0v) is 35.5. The fourth-order valence-corrected chi connectivity index (χ4v) is 7.58. The van der Waals surface area contributed by atoms with Gasteiger partial charge in [-0.2, -0.15) is 0 Å². The molecule has 0 bridgehead atoms. The van der Waals surface area contributed by atoms with E-state index in [0.29, 0.717) is 79.9 Å². The van der Waals surface area contributed by atoms with Gasteiger partial charge in [0.05, 0.1) is 51.2 Å². The van der Waals surface area contributed by atoms with E-state index in [9.17, 15) is 19.8 Å². The number of aromatic hydroxyl groups is 1. The van der Waals surface area contributed by atoms with Crippen LogP contribution >= 0.6 is 0 Å². The molecule has 1 unspecified atom stereocenters. The van der Waals surface area contributed by atoms with E-state index in [1.54, 1.807) is 71.6 Å². The van der Waals surface area contributed by atoms with E-state index in [0.717, 1.165) is 11.1 Å². The molecule has 8 rings (SSSR count). The van der Waals surface area contributed by atoms with Gasteiger partial charge in [0.25, 0.3) is 0 Å². The first-order valence-electron chi connectivity index (χ1n) is 19.5. The van der Waals surface area contributed by atoms with Crippen molar-refractivity contribution in [2.75, 3.05) is 28.4 Å². The lowest BCUT2D eigenvalue weighted by molar-refractivity contribution is -0.0412. The molecule has 0 amide bonds. The van der Waals surface area contributed by atoms with Gasteiger partial charge in [-0.25, -0.2) is 4.79 Å². The molecule has 0 spiro atoms. The summed E-state index contributed by atoms with van der Waals surface area (Å²) in [7, 11) is 6.24. The van der Waals surface area contributed by atoms with E-state index in [4.69, 9.17) is 37.6 Å². The number of aliphatic hydroxyl groups excluding tert-OH is 1. The third kappa shape index (κ3) is 7.87. The van der Waals surface area contributed by atoms with E-state index in [2.05, 4.69) is 0 Å². The molecule has 3 aliphatic rings. The van der Waals surface area contributed by atoms with Crippen molar-refractivity contribution in [3.05, 3.63) is 105 Å². The molecule has 0 fully saturated rings. The van der Waals surface area contributed by atoms with Crippen LogP contribution in [-0.2, 0) is 12.8 Å². The number of carbonyl (C=O) groups excluding carboxylic acids is 1. The van der Waals surface area contributed by atoms with Gasteiger partial charge in [0.15, 0.2) is 5.78 Å². The Kier molecular flexibility index (Phi) is 10.9. The highest BCUT2D eigenvalue weighted by molar-refractivity contribution is 6.01. The summed E-state index contributed by atoms with van der Waals surface area (Å²) in [4.78, 5) is 26.0. The van der Waals surface area contributed by atoms with Gasteiger partial charge in [-0.15, -0.1) is 0 Å². The second kappa shape index (κ2) is 15.6. The summed E-state index contributed by atoms with van der Waals surface area (Å²) >= 11 is 0. The molecule has 2 N–H and O–H groups in total. The van der Waals surface area contributed by atoms with Gasteiger partial charge in [0.1, 0.15) is 79.3 Å². The Bertz CT molecular complexity index is 2610. The standard InChI is InChI=1S/C25H28O6.C23H22O6/c1-24(2)9-8-16-20(30-24)7-6-14(23(16)29-5)11-18(26)17-10-15-12-22(28)25(3,4)31-21(15)13-19(17)27;1-23(2)11-10-15-16(29-23)12-17-19(20(15)26-4)21(27-5)18(22(24)28-17)13-6-8-14(25-3)9-7-13/h6-10,13,22,27-28H,11-12H2,1-5H3;6-12H,1-5H3. The number of carbonyl (C=O) groups is 1. The van der Waals surface area contributed by atoms with E-state index in [1.165, 1.54) is 13.2 Å². The summed E-state index contributed by atoms with van der Waals surface area (Å²) in [6.45, 7) is 11.4. The number of phenolic OH excluding ortho intramolecular Hbond substituents is 1. The SMILES string of the molecule is COc1c(CC(=O)c2cc3c(cc2O)OC(C)(C)C(O)C3)ccc2c1C=CC(C)(C)O2.COc1ccc(-c2c(OC)c3c(OC)c4c(cc3oc2=O)OC(C)(C)C=C4)cc1. The lowest BCUT2D eigenvalue weighted by Gasteiger charge is -2.37. The molecule has 314 valence electrons. The van der Waals surface area contributed by atoms with Gasteiger partial charge in [-0.05, 0) is 101 Å². The third-order valence-electron chi connectivity index (χ3n) is 10.8. The average Bonchev–Trinajstić information content (AvgIpc) is 3.19. The molecule has 0 aliphatic carbocycles. The van der Waals surface area contributed by atoms with Crippen LogP contribution in [0, 0.1) is 0 Å². The number of aliphatic hydroxyl groups is 1. The fraction of sp³-hybridized carbons (Fsp3) is 0.333. The van der Waals surface area contributed by atoms with Crippen molar-refractivity contribution < 1.29 is 52.6 Å². The molecule has 12 nitrogen and oxygen atoms in total. The van der Waals surface area contributed by atoms with Crippen molar-refractivity contribution in [2.24, 2.45) is 0 Å². The van der Waals surface area contributed by atoms with Crippen LogP contribution in [0.3, 0.4) is 0 Å². The molecular formula is C48H50O12. The Hall–Kier alpha value is -6.40. The van der Waals surface area contributed by atoms with Crippen LogP contribution in [-0.4, -0.2) is 67.3 Å².